The largest absolute Gasteiger partial charge is 0.491 e. The Hall–Kier alpha value is -5.44. The number of unbranched alkanes of at least 4 members (excludes halogenated alkanes) is 1. The molecule has 2 aliphatic rings. The number of amides is 1. The zero-order valence-electron chi connectivity index (χ0n) is 28.0. The number of nitrogens with zero attached hydrogens (tertiary/aromatic N) is 1. The molecule has 0 aliphatic carbocycles. The standard InChI is InChI=1S/C42H39NO7/c1-2-3-23-43(41(44)33-11-7-29(8-12-33)31-15-19-36(20-16-31)46-25-39-27-48-39)35-5-4-6-38(24-35)50-42(45)34-13-9-30(10-14-34)32-17-21-37(22-18-32)47-26-40-28-49-40/h4-22,24,39-40H,2-3,23,25-28H2,1H3. The van der Waals surface area contributed by atoms with E-state index >= 15 is 0 Å². The molecular formula is C42H39NO7. The van der Waals surface area contributed by atoms with Crippen LogP contribution in [0.15, 0.2) is 121 Å². The monoisotopic (exact) mass is 669 g/mol. The third-order valence-corrected chi connectivity index (χ3v) is 8.62. The molecule has 2 saturated heterocycles. The summed E-state index contributed by atoms with van der Waals surface area (Å²) in [6, 6.07) is 37.8. The first-order chi connectivity index (χ1) is 24.5. The SMILES string of the molecule is CCCCN(C(=O)c1ccc(-c2ccc(OCC3CO3)cc2)cc1)c1cccc(OC(=O)c2ccc(-c3ccc(OCC4CO4)cc3)cc2)c1. The van der Waals surface area contributed by atoms with Crippen molar-refractivity contribution in [1.82, 2.24) is 0 Å². The lowest BCUT2D eigenvalue weighted by molar-refractivity contribution is 0.0734. The summed E-state index contributed by atoms with van der Waals surface area (Å²) in [5.74, 6) is 1.37. The van der Waals surface area contributed by atoms with Crippen molar-refractivity contribution in [2.45, 2.75) is 32.0 Å². The fourth-order valence-corrected chi connectivity index (χ4v) is 5.50. The molecule has 0 radical (unpaired) electrons. The Kier molecular flexibility index (Phi) is 10.2. The van der Waals surface area contributed by atoms with Crippen LogP contribution in [-0.4, -0.2) is 57.1 Å². The van der Waals surface area contributed by atoms with Crippen LogP contribution >= 0.6 is 0 Å². The zero-order chi connectivity index (χ0) is 34.3. The first kappa shape index (κ1) is 33.1. The van der Waals surface area contributed by atoms with Crippen molar-refractivity contribution in [1.29, 1.82) is 0 Å². The quantitative estimate of drug-likeness (QED) is 0.0630. The maximum atomic E-state index is 13.8. The van der Waals surface area contributed by atoms with Gasteiger partial charge in [0.05, 0.1) is 18.8 Å². The number of carbonyl (C=O) groups excluding carboxylic acids is 2. The van der Waals surface area contributed by atoms with Crippen LogP contribution in [0.5, 0.6) is 17.2 Å². The minimum Gasteiger partial charge on any atom is -0.491 e. The van der Waals surface area contributed by atoms with Gasteiger partial charge in [-0.3, -0.25) is 4.79 Å². The molecule has 254 valence electrons. The van der Waals surface area contributed by atoms with Gasteiger partial charge in [-0.2, -0.15) is 0 Å². The third kappa shape index (κ3) is 8.58. The Morgan fingerprint density at radius 3 is 1.60 bits per heavy atom. The molecule has 0 bridgehead atoms. The molecule has 5 aromatic carbocycles. The third-order valence-electron chi connectivity index (χ3n) is 8.62. The second kappa shape index (κ2) is 15.4. The van der Waals surface area contributed by atoms with E-state index in [1.165, 1.54) is 0 Å². The van der Waals surface area contributed by atoms with Gasteiger partial charge in [-0.05, 0) is 89.3 Å². The lowest BCUT2D eigenvalue weighted by Gasteiger charge is -2.23. The van der Waals surface area contributed by atoms with E-state index in [1.807, 2.05) is 91.0 Å². The van der Waals surface area contributed by atoms with E-state index in [4.69, 9.17) is 23.7 Å². The molecule has 2 unspecified atom stereocenters. The highest BCUT2D eigenvalue weighted by Gasteiger charge is 2.24. The Balaban J connectivity index is 0.992. The molecule has 2 fully saturated rings. The van der Waals surface area contributed by atoms with E-state index in [-0.39, 0.29) is 18.1 Å². The van der Waals surface area contributed by atoms with Gasteiger partial charge in [0.1, 0.15) is 42.7 Å². The van der Waals surface area contributed by atoms with Crippen molar-refractivity contribution in [2.75, 3.05) is 37.9 Å². The number of ether oxygens (including phenoxy) is 5. The second-order valence-electron chi connectivity index (χ2n) is 12.4. The van der Waals surface area contributed by atoms with Crippen LogP contribution in [0.25, 0.3) is 22.3 Å². The topological polar surface area (TPSA) is 90.1 Å². The molecule has 1 amide bonds. The summed E-state index contributed by atoms with van der Waals surface area (Å²) in [6.07, 6.45) is 2.17. The van der Waals surface area contributed by atoms with Crippen LogP contribution in [0, 0.1) is 0 Å². The fraction of sp³-hybridized carbons (Fsp3) is 0.238. The van der Waals surface area contributed by atoms with Crippen molar-refractivity contribution >= 4 is 17.6 Å². The first-order valence-electron chi connectivity index (χ1n) is 17.1. The number of rotatable bonds is 15. The van der Waals surface area contributed by atoms with E-state index in [0.717, 1.165) is 59.8 Å². The highest BCUT2D eigenvalue weighted by molar-refractivity contribution is 6.06. The van der Waals surface area contributed by atoms with Crippen LogP contribution < -0.4 is 19.1 Å². The lowest BCUT2D eigenvalue weighted by Crippen LogP contribution is -2.32. The summed E-state index contributed by atoms with van der Waals surface area (Å²) in [6.45, 7) is 5.27. The summed E-state index contributed by atoms with van der Waals surface area (Å²) < 4.78 is 27.7. The van der Waals surface area contributed by atoms with Crippen molar-refractivity contribution in [2.24, 2.45) is 0 Å². The highest BCUT2D eigenvalue weighted by atomic mass is 16.6. The van der Waals surface area contributed by atoms with Gasteiger partial charge in [-0.1, -0.05) is 67.9 Å². The first-order valence-corrected chi connectivity index (χ1v) is 17.1. The Bertz CT molecular complexity index is 1900. The van der Waals surface area contributed by atoms with Crippen molar-refractivity contribution in [3.63, 3.8) is 0 Å². The zero-order valence-corrected chi connectivity index (χ0v) is 28.0. The Labute approximate surface area is 292 Å². The number of epoxide rings is 2. The van der Waals surface area contributed by atoms with E-state index in [0.29, 0.717) is 42.3 Å². The van der Waals surface area contributed by atoms with E-state index < -0.39 is 5.97 Å². The number of esters is 1. The van der Waals surface area contributed by atoms with E-state index in [1.54, 1.807) is 35.2 Å². The van der Waals surface area contributed by atoms with Gasteiger partial charge in [0.15, 0.2) is 0 Å². The van der Waals surface area contributed by atoms with Gasteiger partial charge in [-0.15, -0.1) is 0 Å². The normalized spacial score (nSPS) is 15.9. The van der Waals surface area contributed by atoms with E-state index in [9.17, 15) is 9.59 Å². The van der Waals surface area contributed by atoms with Crippen LogP contribution in [0.4, 0.5) is 5.69 Å². The average molecular weight is 670 g/mol. The van der Waals surface area contributed by atoms with Crippen molar-refractivity contribution in [3.8, 4) is 39.5 Å². The minimum absolute atomic E-state index is 0.119. The van der Waals surface area contributed by atoms with Gasteiger partial charge in [0, 0.05) is 23.9 Å². The maximum Gasteiger partial charge on any atom is 0.343 e. The molecular weight excluding hydrogens is 630 g/mol. The summed E-state index contributed by atoms with van der Waals surface area (Å²) in [5.41, 5.74) is 5.69. The summed E-state index contributed by atoms with van der Waals surface area (Å²) in [5, 5.41) is 0. The molecule has 0 saturated carbocycles. The molecule has 2 heterocycles. The summed E-state index contributed by atoms with van der Waals surface area (Å²) in [4.78, 5) is 28.7. The van der Waals surface area contributed by atoms with Gasteiger partial charge in [0.25, 0.3) is 5.91 Å². The molecule has 2 aliphatic heterocycles. The number of carbonyl (C=O) groups is 2. The molecule has 5 aromatic rings. The molecule has 0 N–H and O–H groups in total. The van der Waals surface area contributed by atoms with Crippen LogP contribution in [0.3, 0.4) is 0 Å². The minimum atomic E-state index is -0.474. The van der Waals surface area contributed by atoms with Gasteiger partial charge in [-0.25, -0.2) is 4.79 Å². The highest BCUT2D eigenvalue weighted by Crippen LogP contribution is 2.28. The second-order valence-corrected chi connectivity index (χ2v) is 12.4. The molecule has 8 heteroatoms. The molecule has 50 heavy (non-hydrogen) atoms. The molecule has 0 spiro atoms. The number of hydrogen-bond donors (Lipinski definition) is 0. The maximum absolute atomic E-state index is 13.8. The Morgan fingerprint density at radius 2 is 1.12 bits per heavy atom. The van der Waals surface area contributed by atoms with Gasteiger partial charge >= 0.3 is 5.97 Å². The van der Waals surface area contributed by atoms with Crippen LogP contribution in [0.1, 0.15) is 40.5 Å². The predicted molar refractivity (Wildman–Crippen MR) is 192 cm³/mol. The molecule has 7 rings (SSSR count). The molecule has 2 atom stereocenters. The Morgan fingerprint density at radius 1 is 0.640 bits per heavy atom. The average Bonchev–Trinajstić information content (AvgIpc) is 4.11. The molecule has 8 nitrogen and oxygen atoms in total. The van der Waals surface area contributed by atoms with Crippen molar-refractivity contribution < 1.29 is 33.3 Å². The van der Waals surface area contributed by atoms with Gasteiger partial charge < -0.3 is 28.6 Å². The lowest BCUT2D eigenvalue weighted by atomic mass is 10.0. The number of hydrogen-bond acceptors (Lipinski definition) is 7. The van der Waals surface area contributed by atoms with Crippen LogP contribution in [-0.2, 0) is 9.47 Å². The fourth-order valence-electron chi connectivity index (χ4n) is 5.50. The predicted octanol–water partition coefficient (Wildman–Crippen LogP) is 8.24. The summed E-state index contributed by atoms with van der Waals surface area (Å²) >= 11 is 0. The molecule has 0 aromatic heterocycles. The summed E-state index contributed by atoms with van der Waals surface area (Å²) in [7, 11) is 0. The smallest absolute Gasteiger partial charge is 0.343 e. The van der Waals surface area contributed by atoms with E-state index in [2.05, 4.69) is 6.92 Å². The number of anilines is 1. The van der Waals surface area contributed by atoms with Crippen molar-refractivity contribution in [3.05, 3.63) is 132 Å². The van der Waals surface area contributed by atoms with Gasteiger partial charge in [0.2, 0.25) is 0 Å². The number of benzene rings is 5. The van der Waals surface area contributed by atoms with Crippen LogP contribution in [0.2, 0.25) is 0 Å².